The lowest BCUT2D eigenvalue weighted by atomic mass is 9.49. The second kappa shape index (κ2) is 4.24. The van der Waals surface area contributed by atoms with Crippen molar-refractivity contribution in [1.82, 2.24) is 10.2 Å². The average molecular weight is 275 g/mol. The summed E-state index contributed by atoms with van der Waals surface area (Å²) in [6.45, 7) is 0. The summed E-state index contributed by atoms with van der Waals surface area (Å²) < 4.78 is 5.86. The first kappa shape index (κ1) is 11.8. The lowest BCUT2D eigenvalue weighted by molar-refractivity contribution is -0.0191. The van der Waals surface area contributed by atoms with Crippen molar-refractivity contribution in [3.05, 3.63) is 5.89 Å². The zero-order valence-corrected chi connectivity index (χ0v) is 11.7. The minimum Gasteiger partial charge on any atom is -0.415 e. The Morgan fingerprint density at radius 3 is 2.37 bits per heavy atom. The standard InChI is InChI=1S/C14H17N3OS/c15-1-2-19-13-17-16-12(18-13)14-6-9-3-10(7-14)5-11(4-9)8-14/h9-11H,2-8H2. The average Bonchev–Trinajstić information content (AvgIpc) is 2.84. The first-order valence-corrected chi connectivity index (χ1v) is 8.10. The minimum absolute atomic E-state index is 0.174. The Hall–Kier alpha value is -1.02. The Bertz CT molecular complexity index is 498. The molecule has 0 N–H and O–H groups in total. The van der Waals surface area contributed by atoms with Crippen molar-refractivity contribution in [1.29, 1.82) is 5.26 Å². The Kier molecular flexibility index (Phi) is 2.63. The Balaban J connectivity index is 1.61. The van der Waals surface area contributed by atoms with Crippen molar-refractivity contribution in [2.24, 2.45) is 17.8 Å². The molecular formula is C14H17N3OS. The molecule has 4 bridgehead atoms. The lowest BCUT2D eigenvalue weighted by Gasteiger charge is -2.55. The largest absolute Gasteiger partial charge is 0.415 e. The van der Waals surface area contributed by atoms with Crippen LogP contribution in [0.2, 0.25) is 0 Å². The van der Waals surface area contributed by atoms with Crippen molar-refractivity contribution < 1.29 is 4.42 Å². The zero-order chi connectivity index (χ0) is 12.9. The summed E-state index contributed by atoms with van der Waals surface area (Å²) in [4.78, 5) is 0. The van der Waals surface area contributed by atoms with Crippen molar-refractivity contribution in [3.8, 4) is 6.07 Å². The molecule has 0 amide bonds. The van der Waals surface area contributed by atoms with Gasteiger partial charge >= 0.3 is 0 Å². The van der Waals surface area contributed by atoms with Crippen LogP contribution in [0, 0.1) is 29.1 Å². The molecule has 0 aromatic carbocycles. The fourth-order valence-corrected chi connectivity index (χ4v) is 5.37. The van der Waals surface area contributed by atoms with Gasteiger partial charge in [0.2, 0.25) is 5.89 Å². The predicted molar refractivity (Wildman–Crippen MR) is 70.5 cm³/mol. The molecule has 100 valence electrons. The molecule has 5 rings (SSSR count). The van der Waals surface area contributed by atoms with E-state index in [1.54, 1.807) is 0 Å². The summed E-state index contributed by atoms with van der Waals surface area (Å²) in [6.07, 6.45) is 7.98. The number of nitriles is 1. The van der Waals surface area contributed by atoms with E-state index in [4.69, 9.17) is 9.68 Å². The number of nitrogens with zero attached hydrogens (tertiary/aromatic N) is 3. The van der Waals surface area contributed by atoms with Gasteiger partial charge in [-0.15, -0.1) is 10.2 Å². The van der Waals surface area contributed by atoms with Crippen molar-refractivity contribution >= 4 is 11.8 Å². The second-order valence-corrected chi connectivity index (χ2v) is 7.44. The quantitative estimate of drug-likeness (QED) is 0.793. The fraction of sp³-hybridized carbons (Fsp3) is 0.786. The van der Waals surface area contributed by atoms with Crippen LogP contribution < -0.4 is 0 Å². The van der Waals surface area contributed by atoms with Gasteiger partial charge in [0, 0.05) is 5.41 Å². The zero-order valence-electron chi connectivity index (χ0n) is 10.8. The first-order chi connectivity index (χ1) is 9.27. The van der Waals surface area contributed by atoms with E-state index in [-0.39, 0.29) is 5.41 Å². The number of thioether (sulfide) groups is 1. The van der Waals surface area contributed by atoms with Gasteiger partial charge in [-0.25, -0.2) is 0 Å². The predicted octanol–water partition coefficient (Wildman–Crippen LogP) is 3.15. The van der Waals surface area contributed by atoms with E-state index in [2.05, 4.69) is 16.3 Å². The van der Waals surface area contributed by atoms with E-state index in [0.717, 1.165) is 23.6 Å². The van der Waals surface area contributed by atoms with E-state index in [0.29, 0.717) is 11.0 Å². The van der Waals surface area contributed by atoms with Gasteiger partial charge in [-0.1, -0.05) is 11.8 Å². The number of hydrogen-bond acceptors (Lipinski definition) is 5. The highest BCUT2D eigenvalue weighted by atomic mass is 32.2. The maximum absolute atomic E-state index is 8.60. The third-order valence-electron chi connectivity index (χ3n) is 5.16. The van der Waals surface area contributed by atoms with Crippen LogP contribution in [0.4, 0.5) is 0 Å². The maximum Gasteiger partial charge on any atom is 0.277 e. The monoisotopic (exact) mass is 275 g/mol. The lowest BCUT2D eigenvalue weighted by Crippen LogP contribution is -2.48. The molecule has 1 aromatic rings. The van der Waals surface area contributed by atoms with Crippen LogP contribution >= 0.6 is 11.8 Å². The summed E-state index contributed by atoms with van der Waals surface area (Å²) in [5.74, 6) is 3.88. The van der Waals surface area contributed by atoms with Gasteiger partial charge in [0.25, 0.3) is 5.22 Å². The molecule has 0 atom stereocenters. The van der Waals surface area contributed by atoms with E-state index >= 15 is 0 Å². The Morgan fingerprint density at radius 1 is 1.16 bits per heavy atom. The third kappa shape index (κ3) is 1.88. The minimum atomic E-state index is 0.174. The van der Waals surface area contributed by atoms with Crippen LogP contribution in [0.15, 0.2) is 9.64 Å². The van der Waals surface area contributed by atoms with Crippen LogP contribution in [0.25, 0.3) is 0 Å². The van der Waals surface area contributed by atoms with Crippen LogP contribution in [0.3, 0.4) is 0 Å². The molecule has 19 heavy (non-hydrogen) atoms. The van der Waals surface area contributed by atoms with Crippen molar-refractivity contribution in [3.63, 3.8) is 0 Å². The molecule has 1 aromatic heterocycles. The molecule has 4 aliphatic carbocycles. The highest BCUT2D eigenvalue weighted by Gasteiger charge is 2.54. The second-order valence-electron chi connectivity index (χ2n) is 6.52. The van der Waals surface area contributed by atoms with Gasteiger partial charge in [-0.05, 0) is 56.3 Å². The highest BCUT2D eigenvalue weighted by molar-refractivity contribution is 7.99. The van der Waals surface area contributed by atoms with Crippen LogP contribution in [0.5, 0.6) is 0 Å². The Morgan fingerprint density at radius 2 is 1.79 bits per heavy atom. The SMILES string of the molecule is N#CCSc1nnc(C23CC4CC(CC(C4)C2)C3)o1. The van der Waals surface area contributed by atoms with Crippen molar-refractivity contribution in [2.75, 3.05) is 5.75 Å². The topological polar surface area (TPSA) is 62.7 Å². The number of aromatic nitrogens is 2. The maximum atomic E-state index is 8.60. The Labute approximate surface area is 117 Å². The highest BCUT2D eigenvalue weighted by Crippen LogP contribution is 2.60. The normalized spacial score (nSPS) is 39.4. The van der Waals surface area contributed by atoms with Gasteiger partial charge in [-0.3, -0.25) is 0 Å². The molecule has 4 aliphatic rings. The summed E-state index contributed by atoms with van der Waals surface area (Å²) in [5.41, 5.74) is 0.174. The van der Waals surface area contributed by atoms with Gasteiger partial charge in [0.15, 0.2) is 0 Å². The van der Waals surface area contributed by atoms with E-state index < -0.39 is 0 Å². The number of hydrogen-bond donors (Lipinski definition) is 0. The molecule has 0 spiro atoms. The van der Waals surface area contributed by atoms with Gasteiger partial charge in [-0.2, -0.15) is 5.26 Å². The molecule has 4 fully saturated rings. The van der Waals surface area contributed by atoms with Crippen molar-refractivity contribution in [2.45, 2.75) is 49.2 Å². The van der Waals surface area contributed by atoms with E-state index in [1.165, 1.54) is 50.3 Å². The summed E-state index contributed by atoms with van der Waals surface area (Å²) in [7, 11) is 0. The van der Waals surface area contributed by atoms with Crippen LogP contribution in [-0.4, -0.2) is 16.0 Å². The van der Waals surface area contributed by atoms with Gasteiger partial charge in [0.05, 0.1) is 11.8 Å². The smallest absolute Gasteiger partial charge is 0.277 e. The third-order valence-corrected chi connectivity index (χ3v) is 5.84. The molecule has 0 saturated heterocycles. The first-order valence-electron chi connectivity index (χ1n) is 7.11. The summed E-state index contributed by atoms with van der Waals surface area (Å²) in [6, 6.07) is 2.10. The fourth-order valence-electron chi connectivity index (χ4n) is 4.95. The molecule has 5 heteroatoms. The molecule has 4 saturated carbocycles. The van der Waals surface area contributed by atoms with Crippen LogP contribution in [0.1, 0.15) is 44.4 Å². The molecule has 4 nitrogen and oxygen atoms in total. The molecule has 1 heterocycles. The van der Waals surface area contributed by atoms with Gasteiger partial charge in [0.1, 0.15) is 0 Å². The van der Waals surface area contributed by atoms with Gasteiger partial charge < -0.3 is 4.42 Å². The van der Waals surface area contributed by atoms with E-state index in [1.807, 2.05) is 0 Å². The number of rotatable bonds is 3. The molecule has 0 radical (unpaired) electrons. The van der Waals surface area contributed by atoms with E-state index in [9.17, 15) is 0 Å². The molecule has 0 aliphatic heterocycles. The molecular weight excluding hydrogens is 258 g/mol. The molecule has 0 unspecified atom stereocenters. The van der Waals surface area contributed by atoms with Crippen LogP contribution in [-0.2, 0) is 5.41 Å². The summed E-state index contributed by atoms with van der Waals surface area (Å²) >= 11 is 1.34. The summed E-state index contributed by atoms with van der Waals surface area (Å²) in [5, 5.41) is 17.6.